The van der Waals surface area contributed by atoms with Crippen molar-refractivity contribution in [2.75, 3.05) is 6.61 Å². The minimum atomic E-state index is 0.126. The molecule has 4 heteroatoms. The van der Waals surface area contributed by atoms with Crippen LogP contribution in [0.4, 0.5) is 0 Å². The predicted molar refractivity (Wildman–Crippen MR) is 71.5 cm³/mol. The molecule has 1 aromatic heterocycles. The summed E-state index contributed by atoms with van der Waals surface area (Å²) in [5.74, 6) is 0.805. The summed E-state index contributed by atoms with van der Waals surface area (Å²) < 4.78 is 5.74. The van der Waals surface area contributed by atoms with E-state index in [1.54, 1.807) is 6.20 Å². The molecule has 2 fully saturated rings. The summed E-state index contributed by atoms with van der Waals surface area (Å²) in [5, 5.41) is 12.2. The van der Waals surface area contributed by atoms with Gasteiger partial charge in [-0.2, -0.15) is 5.26 Å². The number of hydrogen-bond acceptors (Lipinski definition) is 4. The second-order valence-corrected chi connectivity index (χ2v) is 5.76. The highest BCUT2D eigenvalue weighted by Gasteiger charge is 2.43. The number of aromatic nitrogens is 1. The Balaban J connectivity index is 1.47. The Bertz CT molecular complexity index is 469. The van der Waals surface area contributed by atoms with Crippen molar-refractivity contribution in [3.63, 3.8) is 0 Å². The molecular formula is C15H19N3O. The first kappa shape index (κ1) is 12.4. The first-order valence-corrected chi connectivity index (χ1v) is 6.98. The minimum Gasteiger partial charge on any atom is -0.491 e. The van der Waals surface area contributed by atoms with Gasteiger partial charge in [0.05, 0.1) is 24.6 Å². The van der Waals surface area contributed by atoms with E-state index < -0.39 is 0 Å². The molecule has 0 spiro atoms. The average molecular weight is 257 g/mol. The third-order valence-electron chi connectivity index (χ3n) is 3.90. The summed E-state index contributed by atoms with van der Waals surface area (Å²) in [6, 6.07) is 6.93. The van der Waals surface area contributed by atoms with Gasteiger partial charge in [0.2, 0.25) is 0 Å². The van der Waals surface area contributed by atoms with Crippen LogP contribution in [-0.4, -0.2) is 17.6 Å². The smallest absolute Gasteiger partial charge is 0.137 e. The molecule has 2 aliphatic rings. The number of ether oxygens (including phenoxy) is 1. The van der Waals surface area contributed by atoms with Crippen LogP contribution < -0.4 is 10.1 Å². The summed E-state index contributed by atoms with van der Waals surface area (Å²) >= 11 is 0. The maximum absolute atomic E-state index is 8.76. The van der Waals surface area contributed by atoms with Gasteiger partial charge in [-0.3, -0.25) is 4.98 Å². The monoisotopic (exact) mass is 257 g/mol. The first-order valence-electron chi connectivity index (χ1n) is 6.98. The lowest BCUT2D eigenvalue weighted by Gasteiger charge is -2.12. The third-order valence-corrected chi connectivity index (χ3v) is 3.90. The fourth-order valence-electron chi connectivity index (χ4n) is 2.09. The molecule has 0 atom stereocenters. The van der Waals surface area contributed by atoms with Gasteiger partial charge < -0.3 is 10.1 Å². The number of nitrogens with zero attached hydrogens (tertiary/aromatic N) is 2. The fourth-order valence-corrected chi connectivity index (χ4v) is 2.09. The lowest BCUT2D eigenvalue weighted by atomic mass is 10.1. The van der Waals surface area contributed by atoms with Crippen LogP contribution in [0, 0.1) is 16.7 Å². The van der Waals surface area contributed by atoms with Crippen molar-refractivity contribution in [3.05, 3.63) is 24.0 Å². The summed E-state index contributed by atoms with van der Waals surface area (Å²) in [4.78, 5) is 4.39. The minimum absolute atomic E-state index is 0.126. The molecule has 0 saturated heterocycles. The number of nitriles is 1. The SMILES string of the molecule is N#CCC1(COc2ccc(CNC3CC3)nc2)CC1. The van der Waals surface area contributed by atoms with Gasteiger partial charge in [0.25, 0.3) is 0 Å². The Morgan fingerprint density at radius 1 is 1.42 bits per heavy atom. The van der Waals surface area contributed by atoms with Crippen molar-refractivity contribution in [2.24, 2.45) is 5.41 Å². The quantitative estimate of drug-likeness (QED) is 0.815. The highest BCUT2D eigenvalue weighted by Crippen LogP contribution is 2.48. The Labute approximate surface area is 113 Å². The summed E-state index contributed by atoms with van der Waals surface area (Å²) in [6.45, 7) is 1.48. The van der Waals surface area contributed by atoms with Crippen LogP contribution in [0.25, 0.3) is 0 Å². The van der Waals surface area contributed by atoms with Crippen molar-refractivity contribution in [3.8, 4) is 11.8 Å². The van der Waals surface area contributed by atoms with Gasteiger partial charge in [-0.25, -0.2) is 0 Å². The largest absolute Gasteiger partial charge is 0.491 e. The molecule has 0 radical (unpaired) electrons. The lowest BCUT2D eigenvalue weighted by Crippen LogP contribution is -2.16. The Morgan fingerprint density at radius 2 is 2.26 bits per heavy atom. The molecule has 0 bridgehead atoms. The molecule has 3 rings (SSSR count). The normalized spacial score (nSPS) is 19.7. The van der Waals surface area contributed by atoms with Crippen LogP contribution in [0.3, 0.4) is 0 Å². The Hall–Kier alpha value is -1.60. The molecule has 0 unspecified atom stereocenters. The highest BCUT2D eigenvalue weighted by molar-refractivity contribution is 5.20. The van der Waals surface area contributed by atoms with E-state index in [-0.39, 0.29) is 5.41 Å². The lowest BCUT2D eigenvalue weighted by molar-refractivity contribution is 0.236. The van der Waals surface area contributed by atoms with Crippen molar-refractivity contribution >= 4 is 0 Å². The van der Waals surface area contributed by atoms with E-state index in [2.05, 4.69) is 16.4 Å². The first-order chi connectivity index (χ1) is 9.30. The molecule has 100 valence electrons. The molecule has 0 aromatic carbocycles. The van der Waals surface area contributed by atoms with E-state index in [1.807, 2.05) is 12.1 Å². The Kier molecular flexibility index (Phi) is 3.39. The van der Waals surface area contributed by atoms with E-state index in [9.17, 15) is 0 Å². The van der Waals surface area contributed by atoms with Gasteiger partial charge in [-0.1, -0.05) is 0 Å². The van der Waals surface area contributed by atoms with E-state index in [0.717, 1.165) is 30.8 Å². The van der Waals surface area contributed by atoms with Gasteiger partial charge in [0.1, 0.15) is 5.75 Å². The number of nitrogens with one attached hydrogen (secondary N) is 1. The van der Waals surface area contributed by atoms with Crippen LogP contribution in [-0.2, 0) is 6.54 Å². The molecule has 4 nitrogen and oxygen atoms in total. The number of rotatable bonds is 7. The summed E-state index contributed by atoms with van der Waals surface area (Å²) in [5.41, 5.74) is 1.18. The molecule has 1 heterocycles. The molecule has 2 saturated carbocycles. The summed E-state index contributed by atoms with van der Waals surface area (Å²) in [7, 11) is 0. The standard InChI is InChI=1S/C15H19N3O/c16-8-7-15(5-6-15)11-19-14-4-3-13(18-10-14)9-17-12-1-2-12/h3-4,10,12,17H,1-2,5-7,9,11H2. The third kappa shape index (κ3) is 3.45. The molecule has 2 aliphatic carbocycles. The van der Waals surface area contributed by atoms with Crippen molar-refractivity contribution in [2.45, 2.75) is 44.7 Å². The molecule has 0 amide bonds. The van der Waals surface area contributed by atoms with Crippen LogP contribution in [0.5, 0.6) is 5.75 Å². The van der Waals surface area contributed by atoms with Crippen molar-refractivity contribution < 1.29 is 4.74 Å². The van der Waals surface area contributed by atoms with Gasteiger partial charge in [-0.15, -0.1) is 0 Å². The number of pyridine rings is 1. The Morgan fingerprint density at radius 3 is 2.84 bits per heavy atom. The molecule has 1 aromatic rings. The van der Waals surface area contributed by atoms with Gasteiger partial charge in [0, 0.05) is 24.4 Å². The van der Waals surface area contributed by atoms with Gasteiger partial charge >= 0.3 is 0 Å². The maximum atomic E-state index is 8.76. The van der Waals surface area contributed by atoms with Gasteiger partial charge in [-0.05, 0) is 37.8 Å². The van der Waals surface area contributed by atoms with E-state index in [4.69, 9.17) is 10.00 Å². The molecule has 19 heavy (non-hydrogen) atoms. The van der Waals surface area contributed by atoms with E-state index in [1.165, 1.54) is 12.8 Å². The van der Waals surface area contributed by atoms with E-state index in [0.29, 0.717) is 19.1 Å². The van der Waals surface area contributed by atoms with Crippen LogP contribution in [0.2, 0.25) is 0 Å². The second-order valence-electron chi connectivity index (χ2n) is 5.76. The van der Waals surface area contributed by atoms with Gasteiger partial charge in [0.15, 0.2) is 0 Å². The highest BCUT2D eigenvalue weighted by atomic mass is 16.5. The molecule has 0 aliphatic heterocycles. The topological polar surface area (TPSA) is 57.9 Å². The van der Waals surface area contributed by atoms with Crippen LogP contribution in [0.1, 0.15) is 37.8 Å². The van der Waals surface area contributed by atoms with E-state index >= 15 is 0 Å². The zero-order chi connectivity index (χ0) is 13.1. The summed E-state index contributed by atoms with van der Waals surface area (Å²) in [6.07, 6.45) is 7.19. The molecule has 1 N–H and O–H groups in total. The second kappa shape index (κ2) is 5.18. The zero-order valence-corrected chi connectivity index (χ0v) is 11.1. The average Bonchev–Trinajstić information content (AvgIpc) is 3.32. The van der Waals surface area contributed by atoms with Crippen molar-refractivity contribution in [1.82, 2.24) is 10.3 Å². The van der Waals surface area contributed by atoms with Crippen LogP contribution >= 0.6 is 0 Å². The predicted octanol–water partition coefficient (Wildman–Crippen LogP) is 2.41. The fraction of sp³-hybridized carbons (Fsp3) is 0.600. The maximum Gasteiger partial charge on any atom is 0.137 e. The zero-order valence-electron chi connectivity index (χ0n) is 11.1. The van der Waals surface area contributed by atoms with Crippen molar-refractivity contribution in [1.29, 1.82) is 5.26 Å². The number of hydrogen-bond donors (Lipinski definition) is 1. The van der Waals surface area contributed by atoms with Crippen LogP contribution in [0.15, 0.2) is 18.3 Å². The molecular weight excluding hydrogens is 238 g/mol.